The second kappa shape index (κ2) is 10.0. The first kappa shape index (κ1) is 19.3. The molecule has 1 fully saturated rings. The van der Waals surface area contributed by atoms with Crippen molar-refractivity contribution in [1.29, 1.82) is 0 Å². The largest absolute Gasteiger partial charge is 0.508 e. The van der Waals surface area contributed by atoms with Gasteiger partial charge in [0.05, 0.1) is 0 Å². The van der Waals surface area contributed by atoms with E-state index >= 15 is 0 Å². The lowest BCUT2D eigenvalue weighted by molar-refractivity contribution is 0.243. The molecule has 0 atom stereocenters. The summed E-state index contributed by atoms with van der Waals surface area (Å²) in [7, 11) is 0. The van der Waals surface area contributed by atoms with E-state index in [9.17, 15) is 5.11 Å². The molecule has 26 heavy (non-hydrogen) atoms. The Bertz CT molecular complexity index is 655. The minimum Gasteiger partial charge on any atom is -0.508 e. The van der Waals surface area contributed by atoms with E-state index in [4.69, 9.17) is 0 Å². The molecule has 0 radical (unpaired) electrons. The van der Waals surface area contributed by atoms with Crippen molar-refractivity contribution in [2.45, 2.75) is 71.1 Å². The fourth-order valence-corrected chi connectivity index (χ4v) is 4.39. The van der Waals surface area contributed by atoms with E-state index in [1.165, 1.54) is 81.8 Å². The highest BCUT2D eigenvalue weighted by atomic mass is 16.3. The lowest BCUT2D eigenvalue weighted by Gasteiger charge is -2.24. The van der Waals surface area contributed by atoms with Crippen LogP contribution in [0.15, 0.2) is 24.4 Å². The van der Waals surface area contributed by atoms with Crippen molar-refractivity contribution in [1.82, 2.24) is 9.88 Å². The van der Waals surface area contributed by atoms with Gasteiger partial charge >= 0.3 is 0 Å². The van der Waals surface area contributed by atoms with Crippen LogP contribution in [0.4, 0.5) is 0 Å². The number of rotatable bonds is 9. The average Bonchev–Trinajstić information content (AvgIpc) is 2.86. The molecule has 3 nitrogen and oxygen atoms in total. The molecular formula is C23H36N2O. The van der Waals surface area contributed by atoms with Crippen LogP contribution in [0.5, 0.6) is 5.75 Å². The second-order valence-electron chi connectivity index (χ2n) is 8.14. The number of benzene rings is 1. The summed E-state index contributed by atoms with van der Waals surface area (Å²) in [5, 5.41) is 10.9. The third kappa shape index (κ3) is 5.51. The molecule has 0 bridgehead atoms. The summed E-state index contributed by atoms with van der Waals surface area (Å²) in [6.45, 7) is 5.91. The first-order valence-corrected chi connectivity index (χ1v) is 10.8. The van der Waals surface area contributed by atoms with Gasteiger partial charge in [-0.3, -0.25) is 0 Å². The Kier molecular flexibility index (Phi) is 7.43. The highest BCUT2D eigenvalue weighted by molar-refractivity contribution is 5.84. The number of aromatic hydroxyl groups is 1. The SMILES string of the molecule is CCCCN(CCc1c[nH]c2cc(O)ccc12)CCC1CCCCCC1. The van der Waals surface area contributed by atoms with E-state index in [0.717, 1.165) is 24.4 Å². The standard InChI is InChI=1S/C23H36N2O/c1-2-3-14-25(15-12-19-8-6-4-5-7-9-19)16-13-20-18-24-23-17-21(26)10-11-22(20)23/h10-11,17-19,24,26H,2-9,12-16H2,1H3. The number of H-pyrrole nitrogens is 1. The molecule has 0 spiro atoms. The molecule has 2 N–H and O–H groups in total. The number of hydrogen-bond acceptors (Lipinski definition) is 2. The van der Waals surface area contributed by atoms with Crippen molar-refractivity contribution in [3.05, 3.63) is 30.0 Å². The topological polar surface area (TPSA) is 39.3 Å². The highest BCUT2D eigenvalue weighted by Crippen LogP contribution is 2.26. The molecule has 1 aliphatic rings. The summed E-state index contributed by atoms with van der Waals surface area (Å²) in [5.41, 5.74) is 2.41. The van der Waals surface area contributed by atoms with Crippen molar-refractivity contribution in [2.24, 2.45) is 5.92 Å². The van der Waals surface area contributed by atoms with E-state index in [2.05, 4.69) is 23.0 Å². The van der Waals surface area contributed by atoms with E-state index in [1.807, 2.05) is 12.1 Å². The quantitative estimate of drug-likeness (QED) is 0.551. The van der Waals surface area contributed by atoms with Gasteiger partial charge in [0.15, 0.2) is 0 Å². The number of nitrogens with zero attached hydrogens (tertiary/aromatic N) is 1. The van der Waals surface area contributed by atoms with Crippen LogP contribution in [0.1, 0.15) is 70.3 Å². The molecule has 0 unspecified atom stereocenters. The minimum atomic E-state index is 0.332. The fourth-order valence-electron chi connectivity index (χ4n) is 4.39. The lowest BCUT2D eigenvalue weighted by Crippen LogP contribution is -2.29. The van der Waals surface area contributed by atoms with E-state index in [1.54, 1.807) is 6.07 Å². The molecule has 0 aliphatic heterocycles. The van der Waals surface area contributed by atoms with Crippen LogP contribution >= 0.6 is 0 Å². The zero-order valence-corrected chi connectivity index (χ0v) is 16.5. The molecule has 1 aromatic heterocycles. The highest BCUT2D eigenvalue weighted by Gasteiger charge is 2.14. The summed E-state index contributed by atoms with van der Waals surface area (Å²) in [6, 6.07) is 5.65. The van der Waals surface area contributed by atoms with Gasteiger partial charge in [0.25, 0.3) is 0 Å². The van der Waals surface area contributed by atoms with Gasteiger partial charge in [-0.1, -0.05) is 51.9 Å². The van der Waals surface area contributed by atoms with Crippen molar-refractivity contribution in [2.75, 3.05) is 19.6 Å². The van der Waals surface area contributed by atoms with Crippen LogP contribution in [-0.2, 0) is 6.42 Å². The summed E-state index contributed by atoms with van der Waals surface area (Å²) < 4.78 is 0. The predicted octanol–water partition coefficient (Wildman–Crippen LogP) is 5.88. The molecular weight excluding hydrogens is 320 g/mol. The summed E-state index contributed by atoms with van der Waals surface area (Å²) in [5.74, 6) is 1.29. The number of nitrogens with one attached hydrogen (secondary N) is 1. The summed E-state index contributed by atoms with van der Waals surface area (Å²) in [6.07, 6.45) is 15.8. The van der Waals surface area contributed by atoms with E-state index < -0.39 is 0 Å². The van der Waals surface area contributed by atoms with Gasteiger partial charge in [0.2, 0.25) is 0 Å². The van der Waals surface area contributed by atoms with Crippen molar-refractivity contribution < 1.29 is 5.11 Å². The van der Waals surface area contributed by atoms with Crippen LogP contribution in [0.25, 0.3) is 10.9 Å². The molecule has 2 aromatic rings. The predicted molar refractivity (Wildman–Crippen MR) is 111 cm³/mol. The van der Waals surface area contributed by atoms with Gasteiger partial charge in [0.1, 0.15) is 5.75 Å². The molecule has 3 heteroatoms. The maximum atomic E-state index is 9.64. The third-order valence-corrected chi connectivity index (χ3v) is 6.10. The maximum Gasteiger partial charge on any atom is 0.117 e. The van der Waals surface area contributed by atoms with Gasteiger partial charge in [-0.25, -0.2) is 0 Å². The third-order valence-electron chi connectivity index (χ3n) is 6.10. The molecule has 0 amide bonds. The van der Waals surface area contributed by atoms with Crippen LogP contribution in [0, 0.1) is 5.92 Å². The first-order chi connectivity index (χ1) is 12.8. The molecule has 1 aliphatic carbocycles. The number of phenolic OH excluding ortho intramolecular Hbond substituents is 1. The Morgan fingerprint density at radius 1 is 1.08 bits per heavy atom. The fraction of sp³-hybridized carbons (Fsp3) is 0.652. The Balaban J connectivity index is 1.54. The van der Waals surface area contributed by atoms with Gasteiger partial charge < -0.3 is 15.0 Å². The normalized spacial score (nSPS) is 16.4. The Labute approximate surface area is 158 Å². The van der Waals surface area contributed by atoms with Gasteiger partial charge in [-0.15, -0.1) is 0 Å². The molecule has 1 aromatic carbocycles. The van der Waals surface area contributed by atoms with Crippen molar-refractivity contribution in [3.63, 3.8) is 0 Å². The van der Waals surface area contributed by atoms with E-state index in [-0.39, 0.29) is 0 Å². The zero-order chi connectivity index (χ0) is 18.2. The van der Waals surface area contributed by atoms with Crippen LogP contribution in [0.2, 0.25) is 0 Å². The first-order valence-electron chi connectivity index (χ1n) is 10.8. The number of phenols is 1. The van der Waals surface area contributed by atoms with Gasteiger partial charge in [-0.2, -0.15) is 0 Å². The molecule has 1 saturated carbocycles. The number of fused-ring (bicyclic) bond motifs is 1. The molecule has 1 heterocycles. The maximum absolute atomic E-state index is 9.64. The average molecular weight is 357 g/mol. The zero-order valence-electron chi connectivity index (χ0n) is 16.5. The number of unbranched alkanes of at least 4 members (excludes halogenated alkanes) is 1. The van der Waals surface area contributed by atoms with Gasteiger partial charge in [0, 0.05) is 29.7 Å². The number of aromatic amines is 1. The monoisotopic (exact) mass is 356 g/mol. The Morgan fingerprint density at radius 2 is 1.88 bits per heavy atom. The number of aromatic nitrogens is 1. The molecule has 3 rings (SSSR count). The Morgan fingerprint density at radius 3 is 2.65 bits per heavy atom. The summed E-state index contributed by atoms with van der Waals surface area (Å²) in [4.78, 5) is 6.00. The molecule has 144 valence electrons. The second-order valence-corrected chi connectivity index (χ2v) is 8.14. The number of hydrogen-bond donors (Lipinski definition) is 2. The molecule has 0 saturated heterocycles. The summed E-state index contributed by atoms with van der Waals surface area (Å²) >= 11 is 0. The Hall–Kier alpha value is -1.48. The van der Waals surface area contributed by atoms with E-state index in [0.29, 0.717) is 5.75 Å². The van der Waals surface area contributed by atoms with Crippen molar-refractivity contribution in [3.8, 4) is 5.75 Å². The van der Waals surface area contributed by atoms with Crippen LogP contribution in [0.3, 0.4) is 0 Å². The minimum absolute atomic E-state index is 0.332. The lowest BCUT2D eigenvalue weighted by atomic mass is 9.96. The van der Waals surface area contributed by atoms with Crippen LogP contribution < -0.4 is 0 Å². The smallest absolute Gasteiger partial charge is 0.117 e. The van der Waals surface area contributed by atoms with Gasteiger partial charge in [-0.05, 0) is 56.0 Å². The van der Waals surface area contributed by atoms with Crippen LogP contribution in [-0.4, -0.2) is 34.6 Å². The van der Waals surface area contributed by atoms with Crippen molar-refractivity contribution >= 4 is 10.9 Å².